The van der Waals surface area contributed by atoms with Crippen molar-refractivity contribution >= 4 is 5.78 Å². The van der Waals surface area contributed by atoms with Crippen molar-refractivity contribution in [2.75, 3.05) is 13.6 Å². The number of nitrogens with zero attached hydrogens (tertiary/aromatic N) is 1. The Labute approximate surface area is 82.3 Å². The number of piperidine rings is 1. The van der Waals surface area contributed by atoms with E-state index < -0.39 is 0 Å². The molecule has 78 valence electrons. The highest BCUT2D eigenvalue weighted by Gasteiger charge is 2.19. The predicted octanol–water partition coefficient (Wildman–Crippen LogP) is 2.48. The maximum atomic E-state index is 10.8. The maximum absolute atomic E-state index is 10.8. The summed E-state index contributed by atoms with van der Waals surface area (Å²) in [5, 5.41) is 0. The van der Waals surface area contributed by atoms with E-state index in [1.807, 2.05) is 13.8 Å². The topological polar surface area (TPSA) is 20.3 Å². The molecule has 1 fully saturated rings. The van der Waals surface area contributed by atoms with Crippen molar-refractivity contribution in [2.45, 2.75) is 52.5 Å². The zero-order valence-electron chi connectivity index (χ0n) is 9.47. The van der Waals surface area contributed by atoms with Crippen LogP contribution in [0.1, 0.15) is 46.5 Å². The molecule has 0 aliphatic carbocycles. The van der Waals surface area contributed by atoms with Gasteiger partial charge in [-0.1, -0.05) is 20.3 Å². The Morgan fingerprint density at radius 3 is 2.46 bits per heavy atom. The second-order valence-corrected chi connectivity index (χ2v) is 3.54. The first kappa shape index (κ1) is 12.6. The Morgan fingerprint density at radius 1 is 1.38 bits per heavy atom. The van der Waals surface area contributed by atoms with Gasteiger partial charge in [-0.05, 0) is 33.4 Å². The number of carbonyl (C=O) groups excluding carboxylic acids is 1. The van der Waals surface area contributed by atoms with Crippen LogP contribution in [0, 0.1) is 0 Å². The van der Waals surface area contributed by atoms with E-state index in [0.717, 1.165) is 13.0 Å². The summed E-state index contributed by atoms with van der Waals surface area (Å²) in [6, 6.07) is 0.529. The van der Waals surface area contributed by atoms with Gasteiger partial charge in [-0.3, -0.25) is 4.79 Å². The summed E-state index contributed by atoms with van der Waals surface area (Å²) in [5.41, 5.74) is 0. The molecule has 0 saturated carbocycles. The summed E-state index contributed by atoms with van der Waals surface area (Å²) in [6.07, 6.45) is 4.54. The van der Waals surface area contributed by atoms with E-state index in [4.69, 9.17) is 0 Å². The molecule has 1 aliphatic heterocycles. The Hall–Kier alpha value is -0.370. The molecule has 1 saturated heterocycles. The summed E-state index contributed by atoms with van der Waals surface area (Å²) in [5.74, 6) is 0.323. The monoisotopic (exact) mass is 185 g/mol. The zero-order valence-corrected chi connectivity index (χ0v) is 9.47. The minimum atomic E-state index is 0.323. The lowest BCUT2D eigenvalue weighted by Crippen LogP contribution is -2.37. The lowest BCUT2D eigenvalue weighted by Gasteiger charge is -2.31. The number of ketones is 1. The van der Waals surface area contributed by atoms with Crippen LogP contribution in [0.2, 0.25) is 0 Å². The fourth-order valence-corrected chi connectivity index (χ4v) is 1.73. The zero-order chi connectivity index (χ0) is 10.3. The van der Waals surface area contributed by atoms with Crippen LogP contribution in [0.5, 0.6) is 0 Å². The van der Waals surface area contributed by atoms with Gasteiger partial charge in [0.15, 0.2) is 0 Å². The number of carbonyl (C=O) groups is 1. The summed E-state index contributed by atoms with van der Waals surface area (Å²) in [4.78, 5) is 13.1. The number of rotatable bonds is 2. The van der Waals surface area contributed by atoms with E-state index in [-0.39, 0.29) is 0 Å². The van der Waals surface area contributed by atoms with Crippen LogP contribution in [0.4, 0.5) is 0 Å². The molecule has 2 nitrogen and oxygen atoms in total. The lowest BCUT2D eigenvalue weighted by molar-refractivity contribution is -0.118. The average Bonchev–Trinajstić information content (AvgIpc) is 2.12. The molecule has 0 radical (unpaired) electrons. The van der Waals surface area contributed by atoms with Gasteiger partial charge in [0.2, 0.25) is 0 Å². The Balaban J connectivity index is 0.000000671. The molecule has 0 aromatic heterocycles. The normalized spacial score (nSPS) is 23.2. The SMILES string of the molecule is CC.CC(=O)CC1CCCCN1C. The van der Waals surface area contributed by atoms with Gasteiger partial charge in [0.05, 0.1) is 0 Å². The first-order chi connectivity index (χ1) is 6.20. The van der Waals surface area contributed by atoms with Crippen molar-refractivity contribution in [3.05, 3.63) is 0 Å². The second kappa shape index (κ2) is 7.07. The Bertz CT molecular complexity index is 145. The fraction of sp³-hybridized carbons (Fsp3) is 0.909. The largest absolute Gasteiger partial charge is 0.303 e. The third-order valence-corrected chi connectivity index (χ3v) is 2.44. The lowest BCUT2D eigenvalue weighted by atomic mass is 9.99. The standard InChI is InChI=1S/C9H17NO.C2H6/c1-8(11)7-9-5-3-4-6-10(9)2;1-2/h9H,3-7H2,1-2H3;1-2H3. The summed E-state index contributed by atoms with van der Waals surface area (Å²) in [6.45, 7) is 6.85. The van der Waals surface area contributed by atoms with Gasteiger partial charge in [-0.25, -0.2) is 0 Å². The van der Waals surface area contributed by atoms with E-state index in [9.17, 15) is 4.79 Å². The molecule has 1 rings (SSSR count). The van der Waals surface area contributed by atoms with Gasteiger partial charge in [0.25, 0.3) is 0 Å². The van der Waals surface area contributed by atoms with Crippen molar-refractivity contribution < 1.29 is 4.79 Å². The molecule has 13 heavy (non-hydrogen) atoms. The van der Waals surface area contributed by atoms with Crippen molar-refractivity contribution in [1.29, 1.82) is 0 Å². The van der Waals surface area contributed by atoms with E-state index >= 15 is 0 Å². The summed E-state index contributed by atoms with van der Waals surface area (Å²) >= 11 is 0. The number of likely N-dealkylation sites (tertiary alicyclic amines) is 1. The van der Waals surface area contributed by atoms with E-state index in [1.165, 1.54) is 19.3 Å². The van der Waals surface area contributed by atoms with E-state index in [2.05, 4.69) is 11.9 Å². The Morgan fingerprint density at radius 2 is 2.00 bits per heavy atom. The second-order valence-electron chi connectivity index (χ2n) is 3.54. The third-order valence-electron chi connectivity index (χ3n) is 2.44. The summed E-state index contributed by atoms with van der Waals surface area (Å²) in [7, 11) is 2.12. The van der Waals surface area contributed by atoms with Crippen molar-refractivity contribution in [3.8, 4) is 0 Å². The van der Waals surface area contributed by atoms with Crippen molar-refractivity contribution in [3.63, 3.8) is 0 Å². The van der Waals surface area contributed by atoms with E-state index in [1.54, 1.807) is 6.92 Å². The molecule has 0 aromatic carbocycles. The average molecular weight is 185 g/mol. The first-order valence-corrected chi connectivity index (χ1v) is 5.40. The van der Waals surface area contributed by atoms with Crippen LogP contribution < -0.4 is 0 Å². The highest BCUT2D eigenvalue weighted by atomic mass is 16.1. The molecule has 1 aliphatic rings. The van der Waals surface area contributed by atoms with Crippen molar-refractivity contribution in [1.82, 2.24) is 4.90 Å². The predicted molar refractivity (Wildman–Crippen MR) is 56.9 cm³/mol. The van der Waals surface area contributed by atoms with Crippen LogP contribution in [-0.2, 0) is 4.79 Å². The van der Waals surface area contributed by atoms with Gasteiger partial charge in [0.1, 0.15) is 5.78 Å². The first-order valence-electron chi connectivity index (χ1n) is 5.40. The molecule has 0 spiro atoms. The van der Waals surface area contributed by atoms with Crippen molar-refractivity contribution in [2.24, 2.45) is 0 Å². The number of hydrogen-bond acceptors (Lipinski definition) is 2. The molecular weight excluding hydrogens is 162 g/mol. The van der Waals surface area contributed by atoms with Gasteiger partial charge in [-0.2, -0.15) is 0 Å². The highest BCUT2D eigenvalue weighted by molar-refractivity contribution is 5.76. The van der Waals surface area contributed by atoms with Gasteiger partial charge >= 0.3 is 0 Å². The molecule has 2 heteroatoms. The summed E-state index contributed by atoms with van der Waals surface area (Å²) < 4.78 is 0. The highest BCUT2D eigenvalue weighted by Crippen LogP contribution is 2.17. The van der Waals surface area contributed by atoms with Gasteiger partial charge in [-0.15, -0.1) is 0 Å². The number of hydrogen-bond donors (Lipinski definition) is 0. The smallest absolute Gasteiger partial charge is 0.131 e. The quantitative estimate of drug-likeness (QED) is 0.658. The number of Topliss-reactive ketones (excluding diaryl/α,β-unsaturated/α-hetero) is 1. The molecule has 1 heterocycles. The van der Waals surface area contributed by atoms with Crippen LogP contribution >= 0.6 is 0 Å². The molecule has 1 atom stereocenters. The fourth-order valence-electron chi connectivity index (χ4n) is 1.73. The molecule has 0 aromatic rings. The van der Waals surface area contributed by atoms with Crippen LogP contribution in [-0.4, -0.2) is 30.3 Å². The van der Waals surface area contributed by atoms with Crippen LogP contribution in [0.25, 0.3) is 0 Å². The van der Waals surface area contributed by atoms with E-state index in [0.29, 0.717) is 11.8 Å². The maximum Gasteiger partial charge on any atom is 0.131 e. The minimum absolute atomic E-state index is 0.323. The molecule has 1 unspecified atom stereocenters. The van der Waals surface area contributed by atoms with Gasteiger partial charge in [0, 0.05) is 12.5 Å². The Kier molecular flexibility index (Phi) is 6.87. The molecule has 0 N–H and O–H groups in total. The molecule has 0 bridgehead atoms. The molecule has 0 amide bonds. The third kappa shape index (κ3) is 5.04. The van der Waals surface area contributed by atoms with Gasteiger partial charge < -0.3 is 4.90 Å². The molecular formula is C11H23NO. The van der Waals surface area contributed by atoms with Crippen LogP contribution in [0.3, 0.4) is 0 Å². The minimum Gasteiger partial charge on any atom is -0.303 e. The van der Waals surface area contributed by atoms with Crippen LogP contribution in [0.15, 0.2) is 0 Å².